The molecule has 162 valence electrons. The van der Waals surface area contributed by atoms with Crippen LogP contribution in [0.15, 0.2) is 42.5 Å². The lowest BCUT2D eigenvalue weighted by Gasteiger charge is -2.27. The maximum absolute atomic E-state index is 13.4. The molecular weight excluding hydrogens is 385 g/mol. The molecular formula is C23H30FN3O3. The number of rotatable bonds is 9. The number of hydrogen-bond acceptors (Lipinski definition) is 4. The van der Waals surface area contributed by atoms with Crippen LogP contribution in [0, 0.1) is 11.7 Å². The lowest BCUT2D eigenvalue weighted by atomic mass is 10.1. The van der Waals surface area contributed by atoms with E-state index in [9.17, 15) is 14.0 Å². The van der Waals surface area contributed by atoms with E-state index in [-0.39, 0.29) is 18.1 Å². The SMILES string of the molecule is COCC(=O)N(Cc1cc(NC(=O)c2cccc(F)c2)ccc1N(C)C)CC(C)C. The van der Waals surface area contributed by atoms with Crippen LogP contribution in [-0.2, 0) is 16.1 Å². The molecule has 2 aromatic carbocycles. The van der Waals surface area contributed by atoms with Gasteiger partial charge < -0.3 is 19.9 Å². The van der Waals surface area contributed by atoms with Gasteiger partial charge >= 0.3 is 0 Å². The molecule has 0 saturated carbocycles. The second-order valence-corrected chi connectivity index (χ2v) is 7.80. The minimum absolute atomic E-state index is 0.0139. The van der Waals surface area contributed by atoms with E-state index in [4.69, 9.17) is 4.74 Å². The highest BCUT2D eigenvalue weighted by Gasteiger charge is 2.18. The lowest BCUT2D eigenvalue weighted by Crippen LogP contribution is -2.36. The molecule has 2 rings (SSSR count). The Morgan fingerprint density at radius 1 is 1.13 bits per heavy atom. The maximum atomic E-state index is 13.4. The Kier molecular flexibility index (Phi) is 8.35. The Balaban J connectivity index is 2.30. The van der Waals surface area contributed by atoms with E-state index >= 15 is 0 Å². The number of anilines is 2. The summed E-state index contributed by atoms with van der Waals surface area (Å²) in [5.74, 6) is -0.658. The molecule has 0 atom stereocenters. The first-order chi connectivity index (χ1) is 14.2. The highest BCUT2D eigenvalue weighted by molar-refractivity contribution is 6.04. The second kappa shape index (κ2) is 10.7. The number of methoxy groups -OCH3 is 1. The van der Waals surface area contributed by atoms with E-state index in [1.165, 1.54) is 25.3 Å². The molecule has 0 spiro atoms. The van der Waals surface area contributed by atoms with Crippen LogP contribution in [0.2, 0.25) is 0 Å². The highest BCUT2D eigenvalue weighted by atomic mass is 19.1. The quantitative estimate of drug-likeness (QED) is 0.677. The van der Waals surface area contributed by atoms with Crippen molar-refractivity contribution in [2.24, 2.45) is 5.92 Å². The fraction of sp³-hybridized carbons (Fsp3) is 0.391. The number of benzene rings is 2. The molecule has 0 heterocycles. The van der Waals surface area contributed by atoms with E-state index in [2.05, 4.69) is 19.2 Å². The van der Waals surface area contributed by atoms with Crippen molar-refractivity contribution in [1.82, 2.24) is 4.90 Å². The Morgan fingerprint density at radius 3 is 2.47 bits per heavy atom. The number of ether oxygens (including phenoxy) is 1. The molecule has 0 aliphatic rings. The van der Waals surface area contributed by atoms with Crippen molar-refractivity contribution >= 4 is 23.2 Å². The molecule has 0 aliphatic heterocycles. The van der Waals surface area contributed by atoms with Crippen LogP contribution in [0.4, 0.5) is 15.8 Å². The van der Waals surface area contributed by atoms with E-state index in [1.54, 1.807) is 17.0 Å². The number of nitrogens with zero attached hydrogens (tertiary/aromatic N) is 2. The van der Waals surface area contributed by atoms with Gasteiger partial charge in [-0.2, -0.15) is 0 Å². The summed E-state index contributed by atoms with van der Waals surface area (Å²) in [4.78, 5) is 28.7. The van der Waals surface area contributed by atoms with E-state index in [1.807, 2.05) is 31.1 Å². The summed E-state index contributed by atoms with van der Waals surface area (Å²) in [7, 11) is 5.35. The number of hydrogen-bond donors (Lipinski definition) is 1. The summed E-state index contributed by atoms with van der Waals surface area (Å²) in [6, 6.07) is 11.1. The zero-order valence-corrected chi connectivity index (χ0v) is 18.2. The van der Waals surface area contributed by atoms with E-state index < -0.39 is 11.7 Å². The summed E-state index contributed by atoms with van der Waals surface area (Å²) >= 11 is 0. The number of carbonyl (C=O) groups is 2. The molecule has 0 aliphatic carbocycles. The number of carbonyl (C=O) groups excluding carboxylic acids is 2. The Labute approximate surface area is 177 Å². The van der Waals surface area contributed by atoms with Crippen LogP contribution in [0.3, 0.4) is 0 Å². The Bertz CT molecular complexity index is 884. The molecule has 0 aromatic heterocycles. The molecule has 0 bridgehead atoms. The fourth-order valence-corrected chi connectivity index (χ4v) is 3.17. The smallest absolute Gasteiger partial charge is 0.255 e. The van der Waals surface area contributed by atoms with Crippen LogP contribution in [-0.4, -0.2) is 51.1 Å². The topological polar surface area (TPSA) is 61.9 Å². The molecule has 0 radical (unpaired) electrons. The molecule has 6 nitrogen and oxygen atoms in total. The minimum Gasteiger partial charge on any atom is -0.377 e. The zero-order valence-electron chi connectivity index (χ0n) is 18.2. The van der Waals surface area contributed by atoms with Gasteiger partial charge in [-0.05, 0) is 47.9 Å². The van der Waals surface area contributed by atoms with Crippen LogP contribution < -0.4 is 10.2 Å². The van der Waals surface area contributed by atoms with Gasteiger partial charge in [0.1, 0.15) is 12.4 Å². The van der Waals surface area contributed by atoms with Gasteiger partial charge in [0.15, 0.2) is 0 Å². The van der Waals surface area contributed by atoms with Crippen molar-refractivity contribution < 1.29 is 18.7 Å². The maximum Gasteiger partial charge on any atom is 0.255 e. The monoisotopic (exact) mass is 415 g/mol. The van der Waals surface area contributed by atoms with Gasteiger partial charge in [0.05, 0.1) is 0 Å². The molecule has 0 saturated heterocycles. The van der Waals surface area contributed by atoms with Crippen LogP contribution >= 0.6 is 0 Å². The molecule has 2 amide bonds. The van der Waals surface area contributed by atoms with Crippen molar-refractivity contribution in [3.8, 4) is 0 Å². The Morgan fingerprint density at radius 2 is 1.87 bits per heavy atom. The van der Waals surface area contributed by atoms with Gasteiger partial charge in [-0.3, -0.25) is 9.59 Å². The van der Waals surface area contributed by atoms with E-state index in [0.717, 1.165) is 11.3 Å². The highest BCUT2D eigenvalue weighted by Crippen LogP contribution is 2.25. The molecule has 1 N–H and O–H groups in total. The third kappa shape index (κ3) is 6.56. The predicted octanol–water partition coefficient (Wildman–Crippen LogP) is 3.78. The van der Waals surface area contributed by atoms with Crippen LogP contribution in [0.1, 0.15) is 29.8 Å². The third-order valence-corrected chi connectivity index (χ3v) is 4.47. The minimum atomic E-state index is -0.465. The average molecular weight is 416 g/mol. The lowest BCUT2D eigenvalue weighted by molar-refractivity contribution is -0.136. The standard InChI is InChI=1S/C23H30FN3O3/c1-16(2)13-27(22(28)15-30-5)14-18-12-20(9-10-21(18)26(3)4)25-23(29)17-7-6-8-19(24)11-17/h6-12,16H,13-15H2,1-5H3,(H,25,29). The van der Waals surface area contributed by atoms with Crippen molar-refractivity contribution in [2.45, 2.75) is 20.4 Å². The first kappa shape index (κ1) is 23.3. The van der Waals surface area contributed by atoms with Crippen molar-refractivity contribution in [2.75, 3.05) is 44.6 Å². The summed E-state index contributed by atoms with van der Waals surface area (Å²) < 4.78 is 18.5. The van der Waals surface area contributed by atoms with Gasteiger partial charge in [0.25, 0.3) is 5.91 Å². The van der Waals surface area contributed by atoms with Gasteiger partial charge in [0, 0.05) is 51.2 Å². The first-order valence-electron chi connectivity index (χ1n) is 9.85. The Hall–Kier alpha value is -2.93. The summed E-state index contributed by atoms with van der Waals surface area (Å²) in [5, 5.41) is 2.81. The molecule has 0 unspecified atom stereocenters. The first-order valence-corrected chi connectivity index (χ1v) is 9.85. The number of nitrogens with one attached hydrogen (secondary N) is 1. The van der Waals surface area contributed by atoms with Gasteiger partial charge in [-0.15, -0.1) is 0 Å². The van der Waals surface area contributed by atoms with Gasteiger partial charge in [-0.25, -0.2) is 4.39 Å². The van der Waals surface area contributed by atoms with Crippen LogP contribution in [0.5, 0.6) is 0 Å². The third-order valence-electron chi connectivity index (χ3n) is 4.47. The molecule has 0 fully saturated rings. The largest absolute Gasteiger partial charge is 0.377 e. The predicted molar refractivity (Wildman–Crippen MR) is 117 cm³/mol. The van der Waals surface area contributed by atoms with Crippen molar-refractivity contribution in [3.05, 3.63) is 59.4 Å². The van der Waals surface area contributed by atoms with Crippen molar-refractivity contribution in [1.29, 1.82) is 0 Å². The van der Waals surface area contributed by atoms with E-state index in [0.29, 0.717) is 24.7 Å². The van der Waals surface area contributed by atoms with Crippen LogP contribution in [0.25, 0.3) is 0 Å². The fourth-order valence-electron chi connectivity index (χ4n) is 3.17. The second-order valence-electron chi connectivity index (χ2n) is 7.80. The van der Waals surface area contributed by atoms with Gasteiger partial charge in [0.2, 0.25) is 5.91 Å². The zero-order chi connectivity index (χ0) is 22.3. The van der Waals surface area contributed by atoms with Crippen molar-refractivity contribution in [3.63, 3.8) is 0 Å². The molecule has 7 heteroatoms. The summed E-state index contributed by atoms with van der Waals surface area (Å²) in [5.41, 5.74) is 2.65. The number of halogens is 1. The normalized spacial score (nSPS) is 10.8. The average Bonchev–Trinajstić information content (AvgIpc) is 2.67. The number of amides is 2. The van der Waals surface area contributed by atoms with Gasteiger partial charge in [-0.1, -0.05) is 19.9 Å². The summed E-state index contributed by atoms with van der Waals surface area (Å²) in [6.45, 7) is 5.09. The molecule has 2 aromatic rings. The molecule has 30 heavy (non-hydrogen) atoms. The summed E-state index contributed by atoms with van der Waals surface area (Å²) in [6.07, 6.45) is 0.